The van der Waals surface area contributed by atoms with Crippen LogP contribution in [0.15, 0.2) is 6.20 Å². The molecule has 1 fully saturated rings. The minimum Gasteiger partial charge on any atom is -0.384 e. The molecule has 0 aliphatic carbocycles. The van der Waals surface area contributed by atoms with Crippen LogP contribution in [0.5, 0.6) is 0 Å². The molecule has 1 aliphatic rings. The summed E-state index contributed by atoms with van der Waals surface area (Å²) in [6.45, 7) is 6.53. The van der Waals surface area contributed by atoms with Crippen LogP contribution in [-0.2, 0) is 12.1 Å². The number of hydrogen-bond acceptors (Lipinski definition) is 4. The van der Waals surface area contributed by atoms with Crippen LogP contribution in [0.3, 0.4) is 0 Å². The molecule has 1 atom stereocenters. The summed E-state index contributed by atoms with van der Waals surface area (Å²) in [4.78, 5) is 0. The summed E-state index contributed by atoms with van der Waals surface area (Å²) in [6, 6.07) is 0. The maximum atomic E-state index is 9.82. The second kappa shape index (κ2) is 5.14. The normalized spacial score (nSPS) is 22.4. The van der Waals surface area contributed by atoms with E-state index >= 15 is 0 Å². The molecule has 5 nitrogen and oxygen atoms in total. The Balaban J connectivity index is 1.96. The summed E-state index contributed by atoms with van der Waals surface area (Å²) in [5.74, 6) is 0.619. The lowest BCUT2D eigenvalue weighted by atomic mass is 10.0. The zero-order valence-electron chi connectivity index (χ0n) is 10.7. The molecule has 2 rings (SSSR count). The van der Waals surface area contributed by atoms with E-state index < -0.39 is 5.60 Å². The average molecular weight is 238 g/mol. The fraction of sp³-hybridized carbons (Fsp3) is 0.833. The van der Waals surface area contributed by atoms with E-state index in [0.29, 0.717) is 11.6 Å². The van der Waals surface area contributed by atoms with Crippen molar-refractivity contribution < 1.29 is 5.11 Å². The molecule has 0 saturated carbocycles. The molecule has 1 aromatic heterocycles. The van der Waals surface area contributed by atoms with Crippen LogP contribution in [0, 0.1) is 5.92 Å². The fourth-order valence-electron chi connectivity index (χ4n) is 2.18. The minimum atomic E-state index is -0.903. The highest BCUT2D eigenvalue weighted by Crippen LogP contribution is 2.17. The number of aliphatic hydroxyl groups is 1. The first-order chi connectivity index (χ1) is 8.05. The molecule has 0 aromatic carbocycles. The molecule has 2 N–H and O–H groups in total. The quantitative estimate of drug-likeness (QED) is 0.821. The molecule has 1 saturated heterocycles. The van der Waals surface area contributed by atoms with E-state index in [2.05, 4.69) is 15.6 Å². The standard InChI is InChI=1S/C12H22N4O/c1-12(2,17)11-9-16(15-14-11)8-10-5-3-4-6-13-7-10/h9-10,13,17H,3-8H2,1-2H3. The third kappa shape index (κ3) is 3.51. The van der Waals surface area contributed by atoms with Crippen LogP contribution < -0.4 is 5.32 Å². The summed E-state index contributed by atoms with van der Waals surface area (Å²) in [6.07, 6.45) is 5.64. The fourth-order valence-corrected chi connectivity index (χ4v) is 2.18. The summed E-state index contributed by atoms with van der Waals surface area (Å²) in [7, 11) is 0. The Labute approximate surface area is 102 Å². The Kier molecular flexibility index (Phi) is 3.79. The van der Waals surface area contributed by atoms with E-state index in [0.717, 1.165) is 19.6 Å². The van der Waals surface area contributed by atoms with E-state index in [9.17, 15) is 5.11 Å². The highest BCUT2D eigenvalue weighted by molar-refractivity contribution is 5.02. The van der Waals surface area contributed by atoms with Crippen molar-refractivity contribution in [2.75, 3.05) is 13.1 Å². The molecule has 2 heterocycles. The van der Waals surface area contributed by atoms with E-state index in [4.69, 9.17) is 0 Å². The van der Waals surface area contributed by atoms with Gasteiger partial charge in [0.05, 0.1) is 6.20 Å². The van der Waals surface area contributed by atoms with Gasteiger partial charge < -0.3 is 10.4 Å². The Bertz CT molecular complexity index is 348. The van der Waals surface area contributed by atoms with Crippen molar-refractivity contribution in [1.82, 2.24) is 20.3 Å². The monoisotopic (exact) mass is 238 g/mol. The van der Waals surface area contributed by atoms with Gasteiger partial charge >= 0.3 is 0 Å². The molecule has 1 aliphatic heterocycles. The van der Waals surface area contributed by atoms with Gasteiger partial charge in [-0.25, -0.2) is 0 Å². The predicted molar refractivity (Wildman–Crippen MR) is 65.5 cm³/mol. The summed E-state index contributed by atoms with van der Waals surface area (Å²) in [5, 5.41) is 21.4. The highest BCUT2D eigenvalue weighted by Gasteiger charge is 2.21. The molecule has 5 heteroatoms. The van der Waals surface area contributed by atoms with Gasteiger partial charge in [0.15, 0.2) is 0 Å². The summed E-state index contributed by atoms with van der Waals surface area (Å²) < 4.78 is 1.85. The largest absolute Gasteiger partial charge is 0.384 e. The van der Waals surface area contributed by atoms with Crippen molar-refractivity contribution in [2.24, 2.45) is 5.92 Å². The van der Waals surface area contributed by atoms with Crippen LogP contribution in [-0.4, -0.2) is 33.2 Å². The number of hydrogen-bond donors (Lipinski definition) is 2. The van der Waals surface area contributed by atoms with Gasteiger partial charge in [0, 0.05) is 6.54 Å². The maximum Gasteiger partial charge on any atom is 0.114 e. The van der Waals surface area contributed by atoms with Gasteiger partial charge in [0.25, 0.3) is 0 Å². The van der Waals surface area contributed by atoms with Crippen LogP contribution >= 0.6 is 0 Å². The first-order valence-corrected chi connectivity index (χ1v) is 6.39. The topological polar surface area (TPSA) is 63.0 Å². The number of aromatic nitrogens is 3. The van der Waals surface area contributed by atoms with Gasteiger partial charge in [-0.3, -0.25) is 4.68 Å². The van der Waals surface area contributed by atoms with Crippen molar-refractivity contribution in [3.63, 3.8) is 0 Å². The molecule has 0 spiro atoms. The van der Waals surface area contributed by atoms with Gasteiger partial charge in [-0.05, 0) is 45.7 Å². The second-order valence-corrected chi connectivity index (χ2v) is 5.45. The van der Waals surface area contributed by atoms with Crippen molar-refractivity contribution in [1.29, 1.82) is 0 Å². The van der Waals surface area contributed by atoms with Gasteiger partial charge in [-0.15, -0.1) is 5.10 Å². The summed E-state index contributed by atoms with van der Waals surface area (Å²) >= 11 is 0. The molecule has 17 heavy (non-hydrogen) atoms. The lowest BCUT2D eigenvalue weighted by molar-refractivity contribution is 0.0737. The molecular weight excluding hydrogens is 216 g/mol. The van der Waals surface area contributed by atoms with Gasteiger partial charge in [0.2, 0.25) is 0 Å². The molecule has 0 bridgehead atoms. The van der Waals surface area contributed by atoms with Gasteiger partial charge in [0.1, 0.15) is 11.3 Å². The van der Waals surface area contributed by atoms with Crippen molar-refractivity contribution in [3.05, 3.63) is 11.9 Å². The number of nitrogens with zero attached hydrogens (tertiary/aromatic N) is 3. The Morgan fingerprint density at radius 2 is 2.35 bits per heavy atom. The Morgan fingerprint density at radius 3 is 3.06 bits per heavy atom. The third-order valence-electron chi connectivity index (χ3n) is 3.26. The van der Waals surface area contributed by atoms with Crippen molar-refractivity contribution in [2.45, 2.75) is 45.3 Å². The van der Waals surface area contributed by atoms with Crippen LogP contribution in [0.1, 0.15) is 38.8 Å². The zero-order chi connectivity index (χ0) is 12.3. The van der Waals surface area contributed by atoms with E-state index in [-0.39, 0.29) is 0 Å². The molecule has 96 valence electrons. The number of rotatable bonds is 3. The minimum absolute atomic E-state index is 0.619. The van der Waals surface area contributed by atoms with Gasteiger partial charge in [-0.2, -0.15) is 0 Å². The predicted octanol–water partition coefficient (Wildman–Crippen LogP) is 0.895. The van der Waals surface area contributed by atoms with E-state index in [1.807, 2.05) is 10.9 Å². The smallest absolute Gasteiger partial charge is 0.114 e. The van der Waals surface area contributed by atoms with Crippen LogP contribution in [0.2, 0.25) is 0 Å². The Hall–Kier alpha value is -0.940. The molecule has 1 aromatic rings. The molecule has 0 amide bonds. The number of nitrogens with one attached hydrogen (secondary N) is 1. The second-order valence-electron chi connectivity index (χ2n) is 5.45. The van der Waals surface area contributed by atoms with Crippen molar-refractivity contribution in [3.8, 4) is 0 Å². The molecular formula is C12H22N4O. The lowest BCUT2D eigenvalue weighted by Gasteiger charge is -2.14. The van der Waals surface area contributed by atoms with E-state index in [1.54, 1.807) is 13.8 Å². The van der Waals surface area contributed by atoms with Gasteiger partial charge in [-0.1, -0.05) is 11.6 Å². The summed E-state index contributed by atoms with van der Waals surface area (Å²) in [5.41, 5.74) is -0.265. The third-order valence-corrected chi connectivity index (χ3v) is 3.26. The highest BCUT2D eigenvalue weighted by atomic mass is 16.3. The lowest BCUT2D eigenvalue weighted by Crippen LogP contribution is -2.24. The average Bonchev–Trinajstić information content (AvgIpc) is 2.56. The Morgan fingerprint density at radius 1 is 1.53 bits per heavy atom. The SMILES string of the molecule is CC(C)(O)c1cn(CC2CCCCNC2)nn1. The zero-order valence-corrected chi connectivity index (χ0v) is 10.7. The van der Waals surface area contributed by atoms with E-state index in [1.165, 1.54) is 19.3 Å². The molecule has 1 unspecified atom stereocenters. The molecule has 0 radical (unpaired) electrons. The van der Waals surface area contributed by atoms with Crippen LogP contribution in [0.25, 0.3) is 0 Å². The maximum absolute atomic E-state index is 9.82. The van der Waals surface area contributed by atoms with Crippen LogP contribution in [0.4, 0.5) is 0 Å². The van der Waals surface area contributed by atoms with Crippen molar-refractivity contribution >= 4 is 0 Å². The first-order valence-electron chi connectivity index (χ1n) is 6.39. The first kappa shape index (κ1) is 12.5.